The van der Waals surface area contributed by atoms with E-state index in [-0.39, 0.29) is 0 Å². The Morgan fingerprint density at radius 1 is 1.44 bits per heavy atom. The van der Waals surface area contributed by atoms with Crippen molar-refractivity contribution in [3.8, 4) is 5.75 Å². The standard InChI is InChI=1S/C10H10IN3OS/c1-12-10-14-13-9(16-10)6-15-8-4-2-3-7(11)5-8/h2-5H,6H2,1H3,(H,12,14). The fourth-order valence-electron chi connectivity index (χ4n) is 1.11. The van der Waals surface area contributed by atoms with E-state index in [0.29, 0.717) is 6.61 Å². The van der Waals surface area contributed by atoms with Crippen LogP contribution in [0.4, 0.5) is 5.13 Å². The number of nitrogens with zero attached hydrogens (tertiary/aromatic N) is 2. The summed E-state index contributed by atoms with van der Waals surface area (Å²) in [5, 5.41) is 12.6. The Labute approximate surface area is 111 Å². The van der Waals surface area contributed by atoms with Crippen molar-refractivity contribution in [2.75, 3.05) is 12.4 Å². The lowest BCUT2D eigenvalue weighted by Crippen LogP contribution is -1.94. The minimum absolute atomic E-state index is 0.458. The number of nitrogens with one attached hydrogen (secondary N) is 1. The molecule has 1 N–H and O–H groups in total. The molecule has 1 aromatic heterocycles. The summed E-state index contributed by atoms with van der Waals surface area (Å²) in [6, 6.07) is 7.91. The van der Waals surface area contributed by atoms with Crippen molar-refractivity contribution in [3.05, 3.63) is 32.8 Å². The first kappa shape index (κ1) is 11.6. The molecule has 0 spiro atoms. The summed E-state index contributed by atoms with van der Waals surface area (Å²) in [7, 11) is 1.82. The van der Waals surface area contributed by atoms with Crippen molar-refractivity contribution in [3.63, 3.8) is 0 Å². The van der Waals surface area contributed by atoms with E-state index in [9.17, 15) is 0 Å². The SMILES string of the molecule is CNc1nnc(COc2cccc(I)c2)s1. The third-order valence-corrected chi connectivity index (χ3v) is 3.42. The Hall–Kier alpha value is -0.890. The molecule has 0 unspecified atom stereocenters. The lowest BCUT2D eigenvalue weighted by Gasteiger charge is -2.03. The zero-order valence-corrected chi connectivity index (χ0v) is 11.6. The smallest absolute Gasteiger partial charge is 0.205 e. The summed E-state index contributed by atoms with van der Waals surface area (Å²) in [4.78, 5) is 0. The van der Waals surface area contributed by atoms with Crippen molar-refractivity contribution >= 4 is 39.1 Å². The van der Waals surface area contributed by atoms with Crippen LogP contribution < -0.4 is 10.1 Å². The van der Waals surface area contributed by atoms with Crippen LogP contribution in [-0.4, -0.2) is 17.2 Å². The molecule has 84 valence electrons. The largest absolute Gasteiger partial charge is 0.486 e. The van der Waals surface area contributed by atoms with Crippen LogP contribution in [0, 0.1) is 3.57 Å². The van der Waals surface area contributed by atoms with E-state index in [1.165, 1.54) is 11.3 Å². The first-order valence-corrected chi connectivity index (χ1v) is 6.56. The van der Waals surface area contributed by atoms with E-state index in [0.717, 1.165) is 19.5 Å². The quantitative estimate of drug-likeness (QED) is 0.864. The highest BCUT2D eigenvalue weighted by molar-refractivity contribution is 14.1. The molecule has 0 aliphatic rings. The number of benzene rings is 1. The van der Waals surface area contributed by atoms with E-state index in [4.69, 9.17) is 4.74 Å². The maximum absolute atomic E-state index is 5.61. The van der Waals surface area contributed by atoms with Gasteiger partial charge in [0.2, 0.25) is 5.13 Å². The van der Waals surface area contributed by atoms with Crippen LogP contribution in [-0.2, 0) is 6.61 Å². The van der Waals surface area contributed by atoms with Gasteiger partial charge in [0.15, 0.2) is 5.01 Å². The maximum Gasteiger partial charge on any atom is 0.205 e. The van der Waals surface area contributed by atoms with Gasteiger partial charge in [0.25, 0.3) is 0 Å². The highest BCUT2D eigenvalue weighted by atomic mass is 127. The number of aromatic nitrogens is 2. The number of halogens is 1. The molecule has 6 heteroatoms. The average Bonchev–Trinajstić information content (AvgIpc) is 2.74. The van der Waals surface area contributed by atoms with Gasteiger partial charge in [-0.15, -0.1) is 10.2 Å². The molecule has 0 radical (unpaired) electrons. The molecule has 0 aliphatic carbocycles. The predicted octanol–water partition coefficient (Wildman–Crippen LogP) is 2.76. The Morgan fingerprint density at radius 2 is 2.31 bits per heavy atom. The molecule has 0 saturated carbocycles. The van der Waals surface area contributed by atoms with E-state index in [1.54, 1.807) is 0 Å². The van der Waals surface area contributed by atoms with Crippen LogP contribution in [0.2, 0.25) is 0 Å². The molecule has 0 amide bonds. The fourth-order valence-corrected chi connectivity index (χ4v) is 2.24. The molecule has 16 heavy (non-hydrogen) atoms. The minimum atomic E-state index is 0.458. The summed E-state index contributed by atoms with van der Waals surface area (Å²) in [5.74, 6) is 0.855. The van der Waals surface area contributed by atoms with E-state index in [2.05, 4.69) is 38.1 Å². The molecular weight excluding hydrogens is 337 g/mol. The first-order chi connectivity index (χ1) is 7.78. The van der Waals surface area contributed by atoms with Gasteiger partial charge in [-0.25, -0.2) is 0 Å². The second kappa shape index (κ2) is 5.44. The highest BCUT2D eigenvalue weighted by Gasteiger charge is 2.03. The van der Waals surface area contributed by atoms with Gasteiger partial charge in [-0.3, -0.25) is 0 Å². The molecule has 0 atom stereocenters. The van der Waals surface area contributed by atoms with Crippen molar-refractivity contribution < 1.29 is 4.74 Å². The summed E-state index contributed by atoms with van der Waals surface area (Å²) in [5.41, 5.74) is 0. The predicted molar refractivity (Wildman–Crippen MR) is 72.9 cm³/mol. The number of rotatable bonds is 4. The molecule has 1 aromatic carbocycles. The van der Waals surface area contributed by atoms with Crippen molar-refractivity contribution in [2.45, 2.75) is 6.61 Å². The van der Waals surface area contributed by atoms with Crippen LogP contribution in [0.1, 0.15) is 5.01 Å². The van der Waals surface area contributed by atoms with E-state index < -0.39 is 0 Å². The topological polar surface area (TPSA) is 47.0 Å². The number of anilines is 1. The Morgan fingerprint density at radius 3 is 3.00 bits per heavy atom. The van der Waals surface area contributed by atoms with Gasteiger partial charge in [0, 0.05) is 10.6 Å². The second-order valence-electron chi connectivity index (χ2n) is 3.00. The van der Waals surface area contributed by atoms with Gasteiger partial charge in [-0.1, -0.05) is 17.4 Å². The average molecular weight is 347 g/mol. The maximum atomic E-state index is 5.61. The number of hydrogen-bond acceptors (Lipinski definition) is 5. The molecule has 4 nitrogen and oxygen atoms in total. The van der Waals surface area contributed by atoms with Crippen molar-refractivity contribution in [1.29, 1.82) is 0 Å². The molecule has 1 heterocycles. The van der Waals surface area contributed by atoms with E-state index >= 15 is 0 Å². The minimum Gasteiger partial charge on any atom is -0.486 e. The van der Waals surface area contributed by atoms with Gasteiger partial charge in [0.1, 0.15) is 12.4 Å². The van der Waals surface area contributed by atoms with Crippen LogP contribution in [0.3, 0.4) is 0 Å². The third-order valence-electron chi connectivity index (χ3n) is 1.84. The molecule has 0 saturated heterocycles. The second-order valence-corrected chi connectivity index (χ2v) is 5.30. The zero-order valence-electron chi connectivity index (χ0n) is 8.61. The summed E-state index contributed by atoms with van der Waals surface area (Å²) in [6.07, 6.45) is 0. The summed E-state index contributed by atoms with van der Waals surface area (Å²) >= 11 is 3.75. The molecule has 0 bridgehead atoms. The van der Waals surface area contributed by atoms with Gasteiger partial charge < -0.3 is 10.1 Å². The highest BCUT2D eigenvalue weighted by Crippen LogP contribution is 2.19. The summed E-state index contributed by atoms with van der Waals surface area (Å²) in [6.45, 7) is 0.458. The van der Waals surface area contributed by atoms with Gasteiger partial charge in [-0.2, -0.15) is 0 Å². The van der Waals surface area contributed by atoms with Gasteiger partial charge >= 0.3 is 0 Å². The fraction of sp³-hybridized carbons (Fsp3) is 0.200. The Bertz CT molecular complexity index is 475. The van der Waals surface area contributed by atoms with Crippen molar-refractivity contribution in [1.82, 2.24) is 10.2 Å². The van der Waals surface area contributed by atoms with Crippen LogP contribution >= 0.6 is 33.9 Å². The molecule has 2 rings (SSSR count). The number of hydrogen-bond donors (Lipinski definition) is 1. The van der Waals surface area contributed by atoms with Gasteiger partial charge in [-0.05, 0) is 40.8 Å². The zero-order chi connectivity index (χ0) is 11.4. The normalized spacial score (nSPS) is 10.1. The van der Waals surface area contributed by atoms with Crippen LogP contribution in [0.5, 0.6) is 5.75 Å². The van der Waals surface area contributed by atoms with Crippen molar-refractivity contribution in [2.24, 2.45) is 0 Å². The van der Waals surface area contributed by atoms with Crippen LogP contribution in [0.25, 0.3) is 0 Å². The lowest BCUT2D eigenvalue weighted by molar-refractivity contribution is 0.304. The van der Waals surface area contributed by atoms with Gasteiger partial charge in [0.05, 0.1) is 0 Å². The molecule has 0 fully saturated rings. The number of ether oxygens (including phenoxy) is 1. The Balaban J connectivity index is 1.96. The molecular formula is C10H10IN3OS. The summed E-state index contributed by atoms with van der Waals surface area (Å²) < 4.78 is 6.76. The molecule has 0 aliphatic heterocycles. The lowest BCUT2D eigenvalue weighted by atomic mass is 10.3. The Kier molecular flexibility index (Phi) is 3.94. The first-order valence-electron chi connectivity index (χ1n) is 4.66. The van der Waals surface area contributed by atoms with Crippen LogP contribution in [0.15, 0.2) is 24.3 Å². The van der Waals surface area contributed by atoms with E-state index in [1.807, 2.05) is 31.3 Å². The monoisotopic (exact) mass is 347 g/mol. The third kappa shape index (κ3) is 3.05. The molecule has 2 aromatic rings.